The van der Waals surface area contributed by atoms with Crippen molar-refractivity contribution in [2.24, 2.45) is 0 Å². The lowest BCUT2D eigenvalue weighted by Gasteiger charge is -2.33. The van der Waals surface area contributed by atoms with Gasteiger partial charge in [0.2, 0.25) is 5.79 Å². The van der Waals surface area contributed by atoms with E-state index in [0.717, 1.165) is 4.88 Å². The number of hydrogen-bond donors (Lipinski definition) is 0. The van der Waals surface area contributed by atoms with Crippen molar-refractivity contribution >= 4 is 39.5 Å². The highest BCUT2D eigenvalue weighted by Gasteiger charge is 2.44. The fourth-order valence-electron chi connectivity index (χ4n) is 4.43. The first-order valence-corrected chi connectivity index (χ1v) is 13.1. The first-order chi connectivity index (χ1) is 14.7. The quantitative estimate of drug-likeness (QED) is 0.359. The van der Waals surface area contributed by atoms with Crippen molar-refractivity contribution in [3.05, 3.63) is 108 Å². The van der Waals surface area contributed by atoms with Crippen molar-refractivity contribution in [1.29, 1.82) is 0 Å². The Balaban J connectivity index is 1.80. The standard InChI is InChI=1S/C26H24O2SSi/c1-26(27-19-20-28-26)24-17-18-25(29-24)30(21-11-5-2-6-12-21,22-13-7-3-8-14-22)23-15-9-4-10-16-23/h2-18H,19-20H2,1H3. The molecule has 0 unspecified atom stereocenters. The molecule has 0 aliphatic carbocycles. The van der Waals surface area contributed by atoms with Crippen LogP contribution in [0, 0.1) is 0 Å². The minimum atomic E-state index is -2.46. The molecule has 3 aromatic carbocycles. The SMILES string of the molecule is CC1(c2ccc([Si](c3ccccc3)(c3ccccc3)c3ccccc3)s2)OCCO1. The summed E-state index contributed by atoms with van der Waals surface area (Å²) in [5.41, 5.74) is 0. The topological polar surface area (TPSA) is 18.5 Å². The van der Waals surface area contributed by atoms with Gasteiger partial charge in [-0.3, -0.25) is 0 Å². The number of hydrogen-bond acceptors (Lipinski definition) is 3. The highest BCUT2D eigenvalue weighted by atomic mass is 32.1. The summed E-state index contributed by atoms with van der Waals surface area (Å²) in [5.74, 6) is -0.646. The molecule has 1 saturated heterocycles. The number of rotatable bonds is 5. The molecule has 2 nitrogen and oxygen atoms in total. The summed E-state index contributed by atoms with van der Waals surface area (Å²) in [7, 11) is -2.46. The second-order valence-electron chi connectivity index (χ2n) is 7.65. The molecule has 0 radical (unpaired) electrons. The molecule has 150 valence electrons. The fraction of sp³-hybridized carbons (Fsp3) is 0.154. The largest absolute Gasteiger partial charge is 0.343 e. The van der Waals surface area contributed by atoms with E-state index < -0.39 is 13.9 Å². The van der Waals surface area contributed by atoms with E-state index in [1.807, 2.05) is 18.3 Å². The zero-order valence-corrected chi connectivity index (χ0v) is 18.8. The van der Waals surface area contributed by atoms with Gasteiger partial charge in [-0.25, -0.2) is 0 Å². The Morgan fingerprint density at radius 1 is 0.633 bits per heavy atom. The molecular weight excluding hydrogens is 404 g/mol. The Bertz CT molecular complexity index is 1010. The van der Waals surface area contributed by atoms with E-state index in [-0.39, 0.29) is 0 Å². The van der Waals surface area contributed by atoms with E-state index in [0.29, 0.717) is 13.2 Å². The average Bonchev–Trinajstić information content (AvgIpc) is 3.48. The summed E-state index contributed by atoms with van der Waals surface area (Å²) >= 11 is 1.83. The van der Waals surface area contributed by atoms with E-state index in [9.17, 15) is 0 Å². The van der Waals surface area contributed by atoms with E-state index >= 15 is 0 Å². The van der Waals surface area contributed by atoms with Crippen LogP contribution in [-0.2, 0) is 15.3 Å². The molecule has 1 fully saturated rings. The van der Waals surface area contributed by atoms with Gasteiger partial charge in [0.25, 0.3) is 0 Å². The molecule has 4 aromatic rings. The molecule has 0 N–H and O–H groups in total. The van der Waals surface area contributed by atoms with Gasteiger partial charge in [-0.05, 0) is 28.6 Å². The second-order valence-corrected chi connectivity index (χ2v) is 12.9. The Labute approximate surface area is 182 Å². The third-order valence-electron chi connectivity index (χ3n) is 5.88. The zero-order chi connectivity index (χ0) is 20.4. The minimum Gasteiger partial charge on any atom is -0.343 e. The number of thiophene rings is 1. The second kappa shape index (κ2) is 7.97. The molecule has 0 spiro atoms. The van der Waals surface area contributed by atoms with Gasteiger partial charge in [0.1, 0.15) is 0 Å². The van der Waals surface area contributed by atoms with Crippen LogP contribution in [0.3, 0.4) is 0 Å². The maximum atomic E-state index is 5.97. The van der Waals surface area contributed by atoms with Crippen molar-refractivity contribution in [1.82, 2.24) is 0 Å². The first-order valence-electron chi connectivity index (χ1n) is 10.3. The third-order valence-corrected chi connectivity index (χ3v) is 12.7. The predicted octanol–water partition coefficient (Wildman–Crippen LogP) is 3.35. The molecule has 1 aliphatic heterocycles. The van der Waals surface area contributed by atoms with Crippen LogP contribution < -0.4 is 20.1 Å². The normalized spacial score (nSPS) is 15.9. The highest BCUT2D eigenvalue weighted by Crippen LogP contribution is 2.34. The molecule has 5 rings (SSSR count). The van der Waals surface area contributed by atoms with Crippen molar-refractivity contribution in [2.75, 3.05) is 13.2 Å². The van der Waals surface area contributed by atoms with Crippen molar-refractivity contribution in [3.63, 3.8) is 0 Å². The lowest BCUT2D eigenvalue weighted by Crippen LogP contribution is -2.74. The Kier molecular flexibility index (Phi) is 5.17. The average molecular weight is 429 g/mol. The molecule has 0 amide bonds. The third kappa shape index (κ3) is 3.17. The molecule has 30 heavy (non-hydrogen) atoms. The molecule has 0 saturated carbocycles. The van der Waals surface area contributed by atoms with Crippen LogP contribution in [0.4, 0.5) is 0 Å². The van der Waals surface area contributed by atoms with Gasteiger partial charge in [0, 0.05) is 4.50 Å². The van der Waals surface area contributed by atoms with Crippen LogP contribution in [0.25, 0.3) is 0 Å². The molecular formula is C26H24O2SSi. The van der Waals surface area contributed by atoms with Crippen LogP contribution in [0.1, 0.15) is 11.8 Å². The number of ether oxygens (including phenoxy) is 2. The van der Waals surface area contributed by atoms with E-state index in [1.54, 1.807) is 0 Å². The monoisotopic (exact) mass is 428 g/mol. The summed E-state index contributed by atoms with van der Waals surface area (Å²) < 4.78 is 13.3. The van der Waals surface area contributed by atoms with Crippen LogP contribution in [0.5, 0.6) is 0 Å². The molecule has 0 atom stereocenters. The smallest absolute Gasteiger partial charge is 0.201 e. The maximum Gasteiger partial charge on any atom is 0.201 e. The van der Waals surface area contributed by atoms with Crippen LogP contribution >= 0.6 is 11.3 Å². The Hall–Kier alpha value is -2.50. The summed E-state index contributed by atoms with van der Waals surface area (Å²) in [6, 6.07) is 37.4. The summed E-state index contributed by atoms with van der Waals surface area (Å²) in [5, 5.41) is 4.15. The molecule has 1 aromatic heterocycles. The first kappa shape index (κ1) is 19.5. The molecule has 4 heteroatoms. The van der Waals surface area contributed by atoms with E-state index in [2.05, 4.69) is 103 Å². The lowest BCUT2D eigenvalue weighted by molar-refractivity contribution is -0.146. The van der Waals surface area contributed by atoms with Gasteiger partial charge < -0.3 is 9.47 Å². The number of benzene rings is 3. The van der Waals surface area contributed by atoms with Crippen LogP contribution in [-0.4, -0.2) is 21.3 Å². The minimum absolute atomic E-state index is 0.641. The van der Waals surface area contributed by atoms with Gasteiger partial charge >= 0.3 is 0 Å². The summed E-state index contributed by atoms with van der Waals surface area (Å²) in [6.45, 7) is 3.32. The van der Waals surface area contributed by atoms with Crippen LogP contribution in [0.15, 0.2) is 103 Å². The van der Waals surface area contributed by atoms with Gasteiger partial charge in [0.15, 0.2) is 8.07 Å². The van der Waals surface area contributed by atoms with E-state index in [4.69, 9.17) is 9.47 Å². The fourth-order valence-corrected chi connectivity index (χ4v) is 11.5. The van der Waals surface area contributed by atoms with E-state index in [1.165, 1.54) is 20.1 Å². The van der Waals surface area contributed by atoms with Crippen molar-refractivity contribution in [2.45, 2.75) is 12.7 Å². The molecule has 0 bridgehead atoms. The van der Waals surface area contributed by atoms with Crippen molar-refractivity contribution < 1.29 is 9.47 Å². The van der Waals surface area contributed by atoms with Gasteiger partial charge in [-0.2, -0.15) is 0 Å². The van der Waals surface area contributed by atoms with Gasteiger partial charge in [-0.15, -0.1) is 11.3 Å². The van der Waals surface area contributed by atoms with Crippen LogP contribution in [0.2, 0.25) is 0 Å². The van der Waals surface area contributed by atoms with Crippen molar-refractivity contribution in [3.8, 4) is 0 Å². The summed E-state index contributed by atoms with van der Waals surface area (Å²) in [6.07, 6.45) is 0. The zero-order valence-electron chi connectivity index (χ0n) is 17.0. The molecule has 2 heterocycles. The molecule has 1 aliphatic rings. The van der Waals surface area contributed by atoms with Gasteiger partial charge in [0.05, 0.1) is 18.1 Å². The Morgan fingerprint density at radius 2 is 1.07 bits per heavy atom. The maximum absolute atomic E-state index is 5.97. The summed E-state index contributed by atoms with van der Waals surface area (Å²) in [4.78, 5) is 1.13. The van der Waals surface area contributed by atoms with Gasteiger partial charge in [-0.1, -0.05) is 97.1 Å². The predicted molar refractivity (Wildman–Crippen MR) is 127 cm³/mol. The Morgan fingerprint density at radius 3 is 1.50 bits per heavy atom. The lowest BCUT2D eigenvalue weighted by atomic mass is 10.3. The highest BCUT2D eigenvalue weighted by molar-refractivity contribution is 7.36.